The Morgan fingerprint density at radius 1 is 1.59 bits per heavy atom. The third-order valence-corrected chi connectivity index (χ3v) is 2.91. The van der Waals surface area contributed by atoms with Crippen LogP contribution in [0.15, 0.2) is 29.3 Å². The van der Waals surface area contributed by atoms with Crippen molar-refractivity contribution in [3.05, 3.63) is 35.6 Å². The van der Waals surface area contributed by atoms with Gasteiger partial charge in [0, 0.05) is 12.9 Å². The van der Waals surface area contributed by atoms with Gasteiger partial charge in [-0.05, 0) is 24.6 Å². The van der Waals surface area contributed by atoms with Gasteiger partial charge in [0.05, 0.1) is 12.6 Å². The minimum absolute atomic E-state index is 0.0417. The van der Waals surface area contributed by atoms with Crippen LogP contribution in [0.5, 0.6) is 0 Å². The molecule has 0 bridgehead atoms. The van der Waals surface area contributed by atoms with Crippen molar-refractivity contribution in [2.75, 3.05) is 13.7 Å². The van der Waals surface area contributed by atoms with E-state index in [1.54, 1.807) is 13.2 Å². The lowest BCUT2D eigenvalue weighted by Gasteiger charge is -2.06. The van der Waals surface area contributed by atoms with Crippen molar-refractivity contribution in [2.45, 2.75) is 18.7 Å². The predicted octanol–water partition coefficient (Wildman–Crippen LogP) is 2.41. The second kappa shape index (κ2) is 7.29. The van der Waals surface area contributed by atoms with Gasteiger partial charge in [-0.1, -0.05) is 23.9 Å². The molecule has 0 amide bonds. The number of nitrogens with two attached hydrogens (primary N) is 1. The Bertz CT molecular complexity index is 385. The van der Waals surface area contributed by atoms with Crippen LogP contribution in [-0.2, 0) is 10.5 Å². The summed E-state index contributed by atoms with van der Waals surface area (Å²) in [5.41, 5.74) is 6.65. The third-order valence-electron chi connectivity index (χ3n) is 2.03. The molecule has 17 heavy (non-hydrogen) atoms. The van der Waals surface area contributed by atoms with E-state index in [9.17, 15) is 4.39 Å². The SMILES string of the molecule is COC[C@@H](C)N=C(N)SCc1cccc(F)c1. The molecule has 0 aliphatic carbocycles. The molecule has 0 saturated carbocycles. The van der Waals surface area contributed by atoms with Crippen LogP contribution >= 0.6 is 11.8 Å². The lowest BCUT2D eigenvalue weighted by molar-refractivity contribution is 0.186. The third kappa shape index (κ3) is 5.70. The molecule has 94 valence electrons. The fourth-order valence-corrected chi connectivity index (χ4v) is 2.07. The zero-order valence-corrected chi connectivity index (χ0v) is 10.8. The summed E-state index contributed by atoms with van der Waals surface area (Å²) in [6.45, 7) is 2.47. The maximum absolute atomic E-state index is 12.9. The molecule has 0 radical (unpaired) electrons. The summed E-state index contributed by atoms with van der Waals surface area (Å²) in [4.78, 5) is 4.24. The predicted molar refractivity (Wildman–Crippen MR) is 70.7 cm³/mol. The number of nitrogens with zero attached hydrogens (tertiary/aromatic N) is 1. The van der Waals surface area contributed by atoms with E-state index < -0.39 is 0 Å². The molecular weight excluding hydrogens is 239 g/mol. The monoisotopic (exact) mass is 256 g/mol. The van der Waals surface area contributed by atoms with E-state index in [0.717, 1.165) is 5.56 Å². The molecule has 1 rings (SSSR count). The van der Waals surface area contributed by atoms with Gasteiger partial charge in [-0.3, -0.25) is 4.99 Å². The van der Waals surface area contributed by atoms with Crippen LogP contribution in [0.25, 0.3) is 0 Å². The fraction of sp³-hybridized carbons (Fsp3) is 0.417. The van der Waals surface area contributed by atoms with E-state index in [4.69, 9.17) is 10.5 Å². The van der Waals surface area contributed by atoms with E-state index in [1.807, 2.05) is 13.0 Å². The van der Waals surface area contributed by atoms with Crippen molar-refractivity contribution in [3.8, 4) is 0 Å². The molecular formula is C12H17FN2OS. The largest absolute Gasteiger partial charge is 0.382 e. The molecule has 1 aromatic rings. The van der Waals surface area contributed by atoms with E-state index in [2.05, 4.69) is 4.99 Å². The Morgan fingerprint density at radius 3 is 3.00 bits per heavy atom. The number of benzene rings is 1. The highest BCUT2D eigenvalue weighted by molar-refractivity contribution is 8.13. The second-order valence-electron chi connectivity index (χ2n) is 3.69. The normalized spacial score (nSPS) is 13.7. The zero-order valence-electron chi connectivity index (χ0n) is 10.0. The first-order valence-electron chi connectivity index (χ1n) is 5.31. The van der Waals surface area contributed by atoms with Crippen LogP contribution in [0.3, 0.4) is 0 Å². The molecule has 0 heterocycles. The highest BCUT2D eigenvalue weighted by atomic mass is 32.2. The smallest absolute Gasteiger partial charge is 0.154 e. The summed E-state index contributed by atoms with van der Waals surface area (Å²) in [6, 6.07) is 6.51. The first kappa shape index (κ1) is 14.0. The van der Waals surface area contributed by atoms with Crippen molar-refractivity contribution >= 4 is 16.9 Å². The van der Waals surface area contributed by atoms with Gasteiger partial charge >= 0.3 is 0 Å². The number of thioether (sulfide) groups is 1. The molecule has 0 fully saturated rings. The number of halogens is 1. The Kier molecular flexibility index (Phi) is 6.00. The molecule has 1 atom stereocenters. The zero-order chi connectivity index (χ0) is 12.7. The van der Waals surface area contributed by atoms with Gasteiger partial charge in [0.15, 0.2) is 5.17 Å². The summed E-state index contributed by atoms with van der Waals surface area (Å²) in [7, 11) is 1.63. The van der Waals surface area contributed by atoms with Gasteiger partial charge in [-0.25, -0.2) is 4.39 Å². The number of rotatable bonds is 5. The van der Waals surface area contributed by atoms with Gasteiger partial charge < -0.3 is 10.5 Å². The van der Waals surface area contributed by atoms with Crippen molar-refractivity contribution in [1.29, 1.82) is 0 Å². The van der Waals surface area contributed by atoms with E-state index >= 15 is 0 Å². The fourth-order valence-electron chi connectivity index (χ4n) is 1.32. The summed E-state index contributed by atoms with van der Waals surface area (Å²) in [5, 5.41) is 0.499. The standard InChI is InChI=1S/C12H17FN2OS/c1-9(7-16-2)15-12(14)17-8-10-4-3-5-11(13)6-10/h3-6,9H,7-8H2,1-2H3,(H2,14,15)/t9-/m1/s1. The van der Waals surface area contributed by atoms with Gasteiger partial charge in [0.25, 0.3) is 0 Å². The average molecular weight is 256 g/mol. The van der Waals surface area contributed by atoms with Gasteiger partial charge in [-0.15, -0.1) is 0 Å². The molecule has 1 aromatic carbocycles. The quantitative estimate of drug-likeness (QED) is 0.650. The minimum Gasteiger partial charge on any atom is -0.382 e. The lowest BCUT2D eigenvalue weighted by Crippen LogP contribution is -2.15. The molecule has 0 saturated heterocycles. The first-order valence-corrected chi connectivity index (χ1v) is 6.30. The van der Waals surface area contributed by atoms with Crippen molar-refractivity contribution < 1.29 is 9.13 Å². The van der Waals surface area contributed by atoms with Crippen LogP contribution in [0.2, 0.25) is 0 Å². The van der Waals surface area contributed by atoms with Crippen LogP contribution < -0.4 is 5.73 Å². The summed E-state index contributed by atoms with van der Waals surface area (Å²) in [5.74, 6) is 0.388. The number of hydrogen-bond acceptors (Lipinski definition) is 3. The molecule has 0 spiro atoms. The Labute approximate surface area is 105 Å². The molecule has 3 nitrogen and oxygen atoms in total. The summed E-state index contributed by atoms with van der Waals surface area (Å²) in [6.07, 6.45) is 0. The highest BCUT2D eigenvalue weighted by Gasteiger charge is 2.02. The topological polar surface area (TPSA) is 47.6 Å². The maximum Gasteiger partial charge on any atom is 0.154 e. The first-order chi connectivity index (χ1) is 8.11. The number of aliphatic imine (C=N–C) groups is 1. The Hall–Kier alpha value is -1.07. The van der Waals surface area contributed by atoms with Gasteiger partial charge in [0.2, 0.25) is 0 Å². The molecule has 0 unspecified atom stereocenters. The average Bonchev–Trinajstić information content (AvgIpc) is 2.27. The van der Waals surface area contributed by atoms with E-state index in [-0.39, 0.29) is 11.9 Å². The van der Waals surface area contributed by atoms with Gasteiger partial charge in [0.1, 0.15) is 5.82 Å². The van der Waals surface area contributed by atoms with Gasteiger partial charge in [-0.2, -0.15) is 0 Å². The number of methoxy groups -OCH3 is 1. The van der Waals surface area contributed by atoms with E-state index in [1.165, 1.54) is 23.9 Å². The molecule has 0 aliphatic rings. The maximum atomic E-state index is 12.9. The lowest BCUT2D eigenvalue weighted by atomic mass is 10.2. The summed E-state index contributed by atoms with van der Waals surface area (Å²) >= 11 is 1.40. The van der Waals surface area contributed by atoms with Crippen LogP contribution in [0, 0.1) is 5.82 Å². The van der Waals surface area contributed by atoms with Crippen LogP contribution in [0.1, 0.15) is 12.5 Å². The number of amidine groups is 1. The molecule has 0 aliphatic heterocycles. The Balaban J connectivity index is 2.45. The Morgan fingerprint density at radius 2 is 2.35 bits per heavy atom. The number of ether oxygens (including phenoxy) is 1. The highest BCUT2D eigenvalue weighted by Crippen LogP contribution is 2.13. The van der Waals surface area contributed by atoms with Crippen molar-refractivity contribution in [2.24, 2.45) is 10.7 Å². The molecule has 0 aromatic heterocycles. The van der Waals surface area contributed by atoms with Crippen molar-refractivity contribution in [1.82, 2.24) is 0 Å². The molecule has 5 heteroatoms. The number of hydrogen-bond donors (Lipinski definition) is 1. The molecule has 2 N–H and O–H groups in total. The minimum atomic E-state index is -0.230. The summed E-state index contributed by atoms with van der Waals surface area (Å²) < 4.78 is 17.9. The van der Waals surface area contributed by atoms with Crippen molar-refractivity contribution in [3.63, 3.8) is 0 Å². The van der Waals surface area contributed by atoms with Crippen LogP contribution in [-0.4, -0.2) is 24.9 Å². The van der Waals surface area contributed by atoms with E-state index in [0.29, 0.717) is 17.5 Å². The second-order valence-corrected chi connectivity index (χ2v) is 4.69. The van der Waals surface area contributed by atoms with Crippen LogP contribution in [0.4, 0.5) is 4.39 Å².